The first-order valence-corrected chi connectivity index (χ1v) is 7.78. The Morgan fingerprint density at radius 2 is 2.05 bits per heavy atom. The summed E-state index contributed by atoms with van der Waals surface area (Å²) < 4.78 is 5.07. The van der Waals surface area contributed by atoms with Crippen molar-refractivity contribution in [2.45, 2.75) is 38.8 Å². The first-order valence-electron chi connectivity index (χ1n) is 7.78. The fraction of sp³-hybridized carbons (Fsp3) is 0.647. The van der Waals surface area contributed by atoms with E-state index in [9.17, 15) is 5.11 Å². The maximum atomic E-state index is 10.1. The van der Waals surface area contributed by atoms with Crippen molar-refractivity contribution in [2.24, 2.45) is 0 Å². The number of rotatable bonds is 6. The van der Waals surface area contributed by atoms with Gasteiger partial charge in [0.25, 0.3) is 0 Å². The average Bonchev–Trinajstić information content (AvgIpc) is 2.44. The molecule has 1 aromatic carbocycles. The van der Waals surface area contributed by atoms with Crippen LogP contribution in [-0.4, -0.2) is 44.1 Å². The minimum atomic E-state index is -0.502. The fourth-order valence-electron chi connectivity index (χ4n) is 2.79. The topological polar surface area (TPSA) is 44.7 Å². The van der Waals surface area contributed by atoms with Crippen LogP contribution in [0, 0.1) is 6.92 Å². The van der Waals surface area contributed by atoms with E-state index in [-0.39, 0.29) is 0 Å². The smallest absolute Gasteiger partial charge is 0.0653 e. The van der Waals surface area contributed by atoms with Crippen molar-refractivity contribution in [2.75, 3.05) is 38.3 Å². The summed E-state index contributed by atoms with van der Waals surface area (Å²) in [7, 11) is 1.72. The molecule has 0 aromatic heterocycles. The van der Waals surface area contributed by atoms with Crippen LogP contribution >= 0.6 is 0 Å². The molecule has 0 spiro atoms. The van der Waals surface area contributed by atoms with Gasteiger partial charge in [0.1, 0.15) is 0 Å². The second-order valence-electron chi connectivity index (χ2n) is 6.29. The molecular formula is C17H28N2O2. The van der Waals surface area contributed by atoms with Crippen molar-refractivity contribution >= 4 is 5.69 Å². The summed E-state index contributed by atoms with van der Waals surface area (Å²) in [5, 5.41) is 13.5. The third-order valence-electron chi connectivity index (χ3n) is 4.21. The lowest BCUT2D eigenvalue weighted by Crippen LogP contribution is -2.43. The van der Waals surface area contributed by atoms with Gasteiger partial charge in [-0.2, -0.15) is 0 Å². The molecule has 1 heterocycles. The Balaban J connectivity index is 2.04. The van der Waals surface area contributed by atoms with Crippen molar-refractivity contribution in [3.8, 4) is 0 Å². The number of aryl methyl sites for hydroxylation is 1. The summed E-state index contributed by atoms with van der Waals surface area (Å²) in [6.07, 6.45) is 1.66. The maximum absolute atomic E-state index is 10.1. The molecule has 0 unspecified atom stereocenters. The van der Waals surface area contributed by atoms with Gasteiger partial charge in [0.15, 0.2) is 0 Å². The van der Waals surface area contributed by atoms with Crippen LogP contribution in [0.4, 0.5) is 5.69 Å². The lowest BCUT2D eigenvalue weighted by atomic mass is 9.93. The molecular weight excluding hydrogens is 264 g/mol. The minimum Gasteiger partial charge on any atom is -0.390 e. The largest absolute Gasteiger partial charge is 0.390 e. The molecule has 1 aromatic rings. The molecule has 1 aliphatic rings. The summed E-state index contributed by atoms with van der Waals surface area (Å²) in [5.41, 5.74) is 3.40. The highest BCUT2D eigenvalue weighted by atomic mass is 16.5. The third kappa shape index (κ3) is 4.70. The van der Waals surface area contributed by atoms with Crippen molar-refractivity contribution in [1.82, 2.24) is 5.32 Å². The molecule has 0 atom stereocenters. The van der Waals surface area contributed by atoms with Crippen LogP contribution in [0.15, 0.2) is 18.2 Å². The van der Waals surface area contributed by atoms with Gasteiger partial charge < -0.3 is 20.1 Å². The van der Waals surface area contributed by atoms with Crippen molar-refractivity contribution < 1.29 is 9.84 Å². The highest BCUT2D eigenvalue weighted by Gasteiger charge is 2.28. The Labute approximate surface area is 128 Å². The van der Waals surface area contributed by atoms with E-state index in [4.69, 9.17) is 4.74 Å². The van der Waals surface area contributed by atoms with Gasteiger partial charge in [0, 0.05) is 39.0 Å². The zero-order valence-corrected chi connectivity index (χ0v) is 13.5. The standard InChI is InChI=1S/C17H28N2O2/c1-14-4-5-16(15(12-14)13-18-8-11-21-3)19-9-6-17(2,20)7-10-19/h4-5,12,18,20H,6-11,13H2,1-3H3. The predicted molar refractivity (Wildman–Crippen MR) is 86.8 cm³/mol. The van der Waals surface area contributed by atoms with Crippen LogP contribution in [0.5, 0.6) is 0 Å². The highest BCUT2D eigenvalue weighted by molar-refractivity contribution is 5.55. The fourth-order valence-corrected chi connectivity index (χ4v) is 2.79. The number of anilines is 1. The van der Waals surface area contributed by atoms with Crippen molar-refractivity contribution in [1.29, 1.82) is 0 Å². The number of ether oxygens (including phenoxy) is 1. The van der Waals surface area contributed by atoms with Gasteiger partial charge in [0.05, 0.1) is 12.2 Å². The second-order valence-corrected chi connectivity index (χ2v) is 6.29. The zero-order chi connectivity index (χ0) is 15.3. The molecule has 0 radical (unpaired) electrons. The summed E-state index contributed by atoms with van der Waals surface area (Å²) >= 11 is 0. The van der Waals surface area contributed by atoms with Crippen molar-refractivity contribution in [3.05, 3.63) is 29.3 Å². The lowest BCUT2D eigenvalue weighted by molar-refractivity contribution is 0.0351. The van der Waals surface area contributed by atoms with Gasteiger partial charge in [-0.3, -0.25) is 0 Å². The first kappa shape index (κ1) is 16.3. The number of nitrogens with one attached hydrogen (secondary N) is 1. The normalized spacial score (nSPS) is 18.0. The maximum Gasteiger partial charge on any atom is 0.0653 e. The summed E-state index contributed by atoms with van der Waals surface area (Å²) in [6, 6.07) is 6.63. The summed E-state index contributed by atoms with van der Waals surface area (Å²) in [4.78, 5) is 2.39. The molecule has 1 aliphatic heterocycles. The van der Waals surface area contributed by atoms with E-state index >= 15 is 0 Å². The minimum absolute atomic E-state index is 0.502. The highest BCUT2D eigenvalue weighted by Crippen LogP contribution is 2.28. The lowest BCUT2D eigenvalue weighted by Gasteiger charge is -2.38. The van der Waals surface area contributed by atoms with E-state index in [1.54, 1.807) is 7.11 Å². The van der Waals surface area contributed by atoms with Gasteiger partial charge in [-0.1, -0.05) is 17.7 Å². The van der Waals surface area contributed by atoms with E-state index in [1.165, 1.54) is 16.8 Å². The van der Waals surface area contributed by atoms with E-state index in [0.717, 1.165) is 45.6 Å². The molecule has 2 N–H and O–H groups in total. The van der Waals surface area contributed by atoms with Crippen molar-refractivity contribution in [3.63, 3.8) is 0 Å². The van der Waals surface area contributed by atoms with E-state index in [1.807, 2.05) is 6.92 Å². The number of benzene rings is 1. The number of hydrogen-bond acceptors (Lipinski definition) is 4. The number of nitrogens with zero attached hydrogens (tertiary/aromatic N) is 1. The molecule has 2 rings (SSSR count). The monoisotopic (exact) mass is 292 g/mol. The van der Waals surface area contributed by atoms with Gasteiger partial charge in [0.2, 0.25) is 0 Å². The molecule has 0 aliphatic carbocycles. The zero-order valence-electron chi connectivity index (χ0n) is 13.5. The quantitative estimate of drug-likeness (QED) is 0.788. The molecule has 0 amide bonds. The van der Waals surface area contributed by atoms with Gasteiger partial charge >= 0.3 is 0 Å². The summed E-state index contributed by atoms with van der Waals surface area (Å²) in [5.74, 6) is 0. The average molecular weight is 292 g/mol. The number of hydrogen-bond donors (Lipinski definition) is 2. The Bertz CT molecular complexity index is 450. The van der Waals surface area contributed by atoms with E-state index in [2.05, 4.69) is 35.3 Å². The second kappa shape index (κ2) is 7.25. The van der Waals surface area contributed by atoms with E-state index in [0.29, 0.717) is 0 Å². The number of methoxy groups -OCH3 is 1. The third-order valence-corrected chi connectivity index (χ3v) is 4.21. The molecule has 1 fully saturated rings. The molecule has 4 heteroatoms. The van der Waals surface area contributed by atoms with E-state index < -0.39 is 5.60 Å². The van der Waals surface area contributed by atoms with Crippen LogP contribution in [0.25, 0.3) is 0 Å². The van der Waals surface area contributed by atoms with Crippen LogP contribution in [0.2, 0.25) is 0 Å². The summed E-state index contributed by atoms with van der Waals surface area (Å²) in [6.45, 7) is 8.35. The van der Waals surface area contributed by atoms with Crippen LogP contribution in [0.3, 0.4) is 0 Å². The Hall–Kier alpha value is -1.10. The molecule has 1 saturated heterocycles. The molecule has 0 saturated carbocycles. The number of aliphatic hydroxyl groups is 1. The first-order chi connectivity index (χ1) is 10.0. The molecule has 21 heavy (non-hydrogen) atoms. The molecule has 4 nitrogen and oxygen atoms in total. The predicted octanol–water partition coefficient (Wildman–Crippen LogP) is 2.08. The SMILES string of the molecule is COCCNCc1cc(C)ccc1N1CCC(C)(O)CC1. The number of piperidine rings is 1. The Kier molecular flexibility index (Phi) is 5.62. The Morgan fingerprint density at radius 1 is 1.33 bits per heavy atom. The van der Waals surface area contributed by atoms with Gasteiger partial charge in [-0.05, 0) is 38.3 Å². The Morgan fingerprint density at radius 3 is 2.71 bits per heavy atom. The van der Waals surface area contributed by atoms with Crippen LogP contribution in [-0.2, 0) is 11.3 Å². The molecule has 118 valence electrons. The molecule has 0 bridgehead atoms. The van der Waals surface area contributed by atoms with Gasteiger partial charge in [-0.15, -0.1) is 0 Å². The van der Waals surface area contributed by atoms with Crippen LogP contribution in [0.1, 0.15) is 30.9 Å². The van der Waals surface area contributed by atoms with Gasteiger partial charge in [-0.25, -0.2) is 0 Å². The van der Waals surface area contributed by atoms with Crippen LogP contribution < -0.4 is 10.2 Å².